The number of unbranched alkanes of at least 4 members (excludes halogenated alkanes) is 1. The van der Waals surface area contributed by atoms with Gasteiger partial charge in [-0.05, 0) is 31.6 Å². The van der Waals surface area contributed by atoms with Crippen LogP contribution in [-0.2, 0) is 6.54 Å². The Kier molecular flexibility index (Phi) is 7.94. The highest BCUT2D eigenvalue weighted by Gasteiger charge is 2.08. The van der Waals surface area contributed by atoms with Crippen LogP contribution < -0.4 is 0 Å². The first-order chi connectivity index (χ1) is 9.71. The fourth-order valence-corrected chi connectivity index (χ4v) is 1.95. The molecule has 1 N–H and O–H groups in total. The second-order valence-electron chi connectivity index (χ2n) is 4.80. The number of hydrogen-bond donors (Lipinski definition) is 1. The lowest BCUT2D eigenvalue weighted by Gasteiger charge is -2.20. The molecule has 1 aromatic rings. The number of aliphatic hydroxyl groups is 1. The summed E-state index contributed by atoms with van der Waals surface area (Å²) in [5.74, 6) is 5.45. The number of halogens is 1. The van der Waals surface area contributed by atoms with E-state index in [4.69, 9.17) is 5.11 Å². The minimum atomic E-state index is -0.198. The van der Waals surface area contributed by atoms with Gasteiger partial charge in [0.1, 0.15) is 5.82 Å². The van der Waals surface area contributed by atoms with E-state index in [1.807, 2.05) is 12.1 Å². The van der Waals surface area contributed by atoms with Crippen molar-refractivity contribution in [3.05, 3.63) is 35.1 Å². The summed E-state index contributed by atoms with van der Waals surface area (Å²) in [5.41, 5.74) is 1.38. The molecule has 1 rings (SSSR count). The molecule has 2 nitrogen and oxygen atoms in total. The number of rotatable bonds is 7. The van der Waals surface area contributed by atoms with Crippen molar-refractivity contribution >= 4 is 0 Å². The van der Waals surface area contributed by atoms with Gasteiger partial charge in [0, 0.05) is 24.1 Å². The molecule has 0 spiro atoms. The van der Waals surface area contributed by atoms with Crippen molar-refractivity contribution < 1.29 is 9.50 Å². The highest BCUT2D eigenvalue weighted by molar-refractivity contribution is 5.37. The number of benzene rings is 1. The maximum absolute atomic E-state index is 14.0. The van der Waals surface area contributed by atoms with Gasteiger partial charge >= 0.3 is 0 Å². The van der Waals surface area contributed by atoms with E-state index in [2.05, 4.69) is 30.6 Å². The molecule has 3 heteroatoms. The molecule has 0 radical (unpaired) electrons. The van der Waals surface area contributed by atoms with E-state index < -0.39 is 0 Å². The van der Waals surface area contributed by atoms with Gasteiger partial charge in [0.2, 0.25) is 0 Å². The van der Waals surface area contributed by atoms with Crippen LogP contribution in [0.2, 0.25) is 0 Å². The van der Waals surface area contributed by atoms with Crippen molar-refractivity contribution in [1.29, 1.82) is 0 Å². The molecular weight excluding hydrogens is 253 g/mol. The van der Waals surface area contributed by atoms with Crippen molar-refractivity contribution in [2.45, 2.75) is 39.7 Å². The Morgan fingerprint density at radius 2 is 2.10 bits per heavy atom. The highest BCUT2D eigenvalue weighted by Crippen LogP contribution is 2.13. The summed E-state index contributed by atoms with van der Waals surface area (Å²) in [7, 11) is 0. The first-order valence-electron chi connectivity index (χ1n) is 7.31. The van der Waals surface area contributed by atoms with Crippen LogP contribution in [0.5, 0.6) is 0 Å². The van der Waals surface area contributed by atoms with Crippen molar-refractivity contribution in [3.63, 3.8) is 0 Å². The molecule has 1 aromatic carbocycles. The summed E-state index contributed by atoms with van der Waals surface area (Å²) in [6.07, 6.45) is 2.71. The molecule has 0 aliphatic rings. The summed E-state index contributed by atoms with van der Waals surface area (Å²) in [6.45, 7) is 6.88. The van der Waals surface area contributed by atoms with Gasteiger partial charge in [0.25, 0.3) is 0 Å². The van der Waals surface area contributed by atoms with Crippen molar-refractivity contribution in [3.8, 4) is 11.8 Å². The minimum absolute atomic E-state index is 0.0381. The zero-order valence-electron chi connectivity index (χ0n) is 12.5. The predicted molar refractivity (Wildman–Crippen MR) is 80.8 cm³/mol. The Bertz CT molecular complexity index is 462. The second-order valence-corrected chi connectivity index (χ2v) is 4.80. The molecule has 0 saturated carbocycles. The Morgan fingerprint density at radius 1 is 1.30 bits per heavy atom. The Labute approximate surface area is 121 Å². The van der Waals surface area contributed by atoms with Crippen LogP contribution >= 0.6 is 0 Å². The molecule has 20 heavy (non-hydrogen) atoms. The molecule has 0 heterocycles. The van der Waals surface area contributed by atoms with Gasteiger partial charge in [0.15, 0.2) is 0 Å². The summed E-state index contributed by atoms with van der Waals surface area (Å²) < 4.78 is 14.0. The van der Waals surface area contributed by atoms with Crippen LogP contribution in [-0.4, -0.2) is 29.7 Å². The zero-order chi connectivity index (χ0) is 14.8. The molecule has 110 valence electrons. The topological polar surface area (TPSA) is 23.5 Å². The average molecular weight is 277 g/mol. The van der Waals surface area contributed by atoms with E-state index >= 15 is 0 Å². The van der Waals surface area contributed by atoms with Gasteiger partial charge in [-0.25, -0.2) is 4.39 Å². The summed E-state index contributed by atoms with van der Waals surface area (Å²) in [5, 5.41) is 8.66. The smallest absolute Gasteiger partial charge is 0.128 e. The van der Waals surface area contributed by atoms with Gasteiger partial charge in [-0.2, -0.15) is 0 Å². The van der Waals surface area contributed by atoms with Gasteiger partial charge in [-0.1, -0.05) is 38.2 Å². The quantitative estimate of drug-likeness (QED) is 0.774. The van der Waals surface area contributed by atoms with Gasteiger partial charge in [0.05, 0.1) is 6.61 Å². The van der Waals surface area contributed by atoms with E-state index in [0.717, 1.165) is 31.5 Å². The summed E-state index contributed by atoms with van der Waals surface area (Å²) in [4.78, 5) is 2.25. The highest BCUT2D eigenvalue weighted by atomic mass is 19.1. The van der Waals surface area contributed by atoms with E-state index in [9.17, 15) is 4.39 Å². The molecule has 0 bridgehead atoms. The van der Waals surface area contributed by atoms with Gasteiger partial charge in [-0.15, -0.1) is 0 Å². The fraction of sp³-hybridized carbons (Fsp3) is 0.529. The summed E-state index contributed by atoms with van der Waals surface area (Å²) >= 11 is 0. The lowest BCUT2D eigenvalue weighted by Crippen LogP contribution is -2.24. The fourth-order valence-electron chi connectivity index (χ4n) is 1.95. The standard InChI is InChI=1S/C17H24FNO/c1-3-5-11-19(4-2)14-16-10-9-15(13-17(16)18)8-6-7-12-20/h9-10,13,20H,3-5,7,11-12,14H2,1-2H3. The third-order valence-corrected chi connectivity index (χ3v) is 3.19. The largest absolute Gasteiger partial charge is 0.395 e. The average Bonchev–Trinajstić information content (AvgIpc) is 2.46. The predicted octanol–water partition coefficient (Wildman–Crippen LogP) is 3.18. The second kappa shape index (κ2) is 9.52. The first kappa shape index (κ1) is 16.7. The first-order valence-corrected chi connectivity index (χ1v) is 7.31. The molecule has 0 atom stereocenters. The minimum Gasteiger partial charge on any atom is -0.395 e. The van der Waals surface area contributed by atoms with Crippen LogP contribution in [0, 0.1) is 17.7 Å². The Hall–Kier alpha value is -1.37. The van der Waals surface area contributed by atoms with Crippen LogP contribution in [0.4, 0.5) is 4.39 Å². The molecule has 0 aliphatic carbocycles. The van der Waals surface area contributed by atoms with Crippen LogP contribution in [0.1, 0.15) is 44.2 Å². The van der Waals surface area contributed by atoms with Crippen molar-refractivity contribution in [2.24, 2.45) is 0 Å². The molecule has 0 aromatic heterocycles. The molecule has 0 fully saturated rings. The lowest BCUT2D eigenvalue weighted by molar-refractivity contribution is 0.271. The van der Waals surface area contributed by atoms with Crippen LogP contribution in [0.25, 0.3) is 0 Å². The molecule has 0 amide bonds. The number of aliphatic hydroxyl groups excluding tert-OH is 1. The normalized spacial score (nSPS) is 10.4. The molecular formula is C17H24FNO. The SMILES string of the molecule is CCCCN(CC)Cc1ccc(C#CCCO)cc1F. The third kappa shape index (κ3) is 5.73. The van der Waals surface area contributed by atoms with E-state index in [0.29, 0.717) is 18.5 Å². The van der Waals surface area contributed by atoms with Crippen molar-refractivity contribution in [2.75, 3.05) is 19.7 Å². The van der Waals surface area contributed by atoms with Crippen LogP contribution in [0.15, 0.2) is 18.2 Å². The van der Waals surface area contributed by atoms with E-state index in [-0.39, 0.29) is 12.4 Å². The van der Waals surface area contributed by atoms with E-state index in [1.54, 1.807) is 0 Å². The maximum Gasteiger partial charge on any atom is 0.128 e. The molecule has 0 aliphatic heterocycles. The van der Waals surface area contributed by atoms with E-state index in [1.165, 1.54) is 6.07 Å². The Morgan fingerprint density at radius 3 is 2.70 bits per heavy atom. The zero-order valence-corrected chi connectivity index (χ0v) is 12.5. The van der Waals surface area contributed by atoms with Gasteiger partial charge in [-0.3, -0.25) is 4.90 Å². The summed E-state index contributed by atoms with van der Waals surface area (Å²) in [6, 6.07) is 5.14. The van der Waals surface area contributed by atoms with Crippen molar-refractivity contribution in [1.82, 2.24) is 4.90 Å². The molecule has 0 unspecified atom stereocenters. The van der Waals surface area contributed by atoms with Gasteiger partial charge < -0.3 is 5.11 Å². The maximum atomic E-state index is 14.0. The molecule has 0 saturated heterocycles. The number of nitrogens with zero attached hydrogens (tertiary/aromatic N) is 1. The third-order valence-electron chi connectivity index (χ3n) is 3.19. The van der Waals surface area contributed by atoms with Crippen LogP contribution in [0.3, 0.4) is 0 Å². The Balaban J connectivity index is 2.70. The monoisotopic (exact) mass is 277 g/mol. The lowest BCUT2D eigenvalue weighted by atomic mass is 10.1. The number of hydrogen-bond acceptors (Lipinski definition) is 2.